The Balaban J connectivity index is 1.76. The molecule has 2 N–H and O–H groups in total. The number of benzene rings is 1. The zero-order valence-electron chi connectivity index (χ0n) is 14.7. The van der Waals surface area contributed by atoms with Gasteiger partial charge in [-0.2, -0.15) is 0 Å². The number of rotatable bonds is 7. The molecule has 0 radical (unpaired) electrons. The first-order valence-corrected chi connectivity index (χ1v) is 8.85. The maximum absolute atomic E-state index is 12.2. The molecule has 2 atom stereocenters. The van der Waals surface area contributed by atoms with Crippen molar-refractivity contribution < 1.29 is 4.79 Å². The lowest BCUT2D eigenvalue weighted by Gasteiger charge is -2.21. The van der Waals surface area contributed by atoms with Crippen molar-refractivity contribution in [3.63, 3.8) is 0 Å². The van der Waals surface area contributed by atoms with Crippen molar-refractivity contribution in [1.29, 1.82) is 0 Å². The third-order valence-electron chi connectivity index (χ3n) is 4.68. The molecule has 2 unspecified atom stereocenters. The van der Waals surface area contributed by atoms with E-state index in [0.29, 0.717) is 0 Å². The molecule has 126 valence electrons. The van der Waals surface area contributed by atoms with Crippen LogP contribution in [0.4, 0.5) is 0 Å². The molecule has 1 amide bonds. The van der Waals surface area contributed by atoms with Crippen LogP contribution in [-0.4, -0.2) is 18.5 Å². The number of amides is 1. The molecular weight excluding hydrogens is 284 g/mol. The van der Waals surface area contributed by atoms with Gasteiger partial charge in [-0.3, -0.25) is 10.1 Å². The van der Waals surface area contributed by atoms with Crippen molar-refractivity contribution >= 4 is 5.91 Å². The molecule has 0 aliphatic heterocycles. The van der Waals surface area contributed by atoms with Crippen LogP contribution in [0.2, 0.25) is 0 Å². The SMILES string of the molecule is Cc1ccccc1C(C)NC(C)C(=O)NCCC1=CCCCC1. The molecule has 0 fully saturated rings. The van der Waals surface area contributed by atoms with Crippen molar-refractivity contribution in [3.8, 4) is 0 Å². The maximum Gasteiger partial charge on any atom is 0.236 e. The molecule has 1 aliphatic rings. The maximum atomic E-state index is 12.2. The van der Waals surface area contributed by atoms with Crippen LogP contribution < -0.4 is 10.6 Å². The van der Waals surface area contributed by atoms with Crippen LogP contribution in [-0.2, 0) is 4.79 Å². The highest BCUT2D eigenvalue weighted by Crippen LogP contribution is 2.19. The molecule has 0 aromatic heterocycles. The Hall–Kier alpha value is -1.61. The van der Waals surface area contributed by atoms with E-state index >= 15 is 0 Å². The Morgan fingerprint density at radius 3 is 2.70 bits per heavy atom. The molecular formula is C20H30N2O. The first kappa shape index (κ1) is 17.7. The van der Waals surface area contributed by atoms with Crippen LogP contribution >= 0.6 is 0 Å². The molecule has 23 heavy (non-hydrogen) atoms. The van der Waals surface area contributed by atoms with Crippen LogP contribution in [0.15, 0.2) is 35.9 Å². The van der Waals surface area contributed by atoms with Gasteiger partial charge in [0.05, 0.1) is 6.04 Å². The molecule has 0 saturated carbocycles. The molecule has 2 rings (SSSR count). The predicted molar refractivity (Wildman–Crippen MR) is 96.4 cm³/mol. The van der Waals surface area contributed by atoms with E-state index in [4.69, 9.17) is 0 Å². The molecule has 3 nitrogen and oxygen atoms in total. The van der Waals surface area contributed by atoms with E-state index in [1.165, 1.54) is 42.4 Å². The van der Waals surface area contributed by atoms with Gasteiger partial charge in [0.15, 0.2) is 0 Å². The fraction of sp³-hybridized carbons (Fsp3) is 0.550. The predicted octanol–water partition coefficient (Wildman–Crippen LogP) is 4.04. The normalized spacial score (nSPS) is 17.3. The van der Waals surface area contributed by atoms with Crippen LogP contribution in [0.5, 0.6) is 0 Å². The first-order chi connectivity index (χ1) is 11.1. The van der Waals surface area contributed by atoms with Crippen molar-refractivity contribution in [1.82, 2.24) is 10.6 Å². The average molecular weight is 314 g/mol. The molecule has 0 bridgehead atoms. The zero-order chi connectivity index (χ0) is 16.7. The van der Waals surface area contributed by atoms with Crippen LogP contribution in [0.1, 0.15) is 63.1 Å². The smallest absolute Gasteiger partial charge is 0.236 e. The van der Waals surface area contributed by atoms with Gasteiger partial charge in [0.1, 0.15) is 0 Å². The molecule has 0 spiro atoms. The van der Waals surface area contributed by atoms with E-state index in [1.54, 1.807) is 0 Å². The van der Waals surface area contributed by atoms with E-state index in [9.17, 15) is 4.79 Å². The van der Waals surface area contributed by atoms with E-state index < -0.39 is 0 Å². The summed E-state index contributed by atoms with van der Waals surface area (Å²) >= 11 is 0. The highest BCUT2D eigenvalue weighted by Gasteiger charge is 2.17. The van der Waals surface area contributed by atoms with Gasteiger partial charge in [0, 0.05) is 12.6 Å². The second-order valence-corrected chi connectivity index (χ2v) is 6.62. The average Bonchev–Trinajstić information content (AvgIpc) is 2.56. The van der Waals surface area contributed by atoms with Gasteiger partial charge < -0.3 is 5.32 Å². The number of hydrogen-bond acceptors (Lipinski definition) is 2. The molecule has 3 heteroatoms. The minimum Gasteiger partial charge on any atom is -0.354 e. The summed E-state index contributed by atoms with van der Waals surface area (Å²) in [6.45, 7) is 6.90. The Kier molecular flexibility index (Phi) is 6.85. The molecule has 0 heterocycles. The summed E-state index contributed by atoms with van der Waals surface area (Å²) in [7, 11) is 0. The van der Waals surface area contributed by atoms with Gasteiger partial charge in [-0.1, -0.05) is 35.9 Å². The van der Waals surface area contributed by atoms with Gasteiger partial charge in [0.25, 0.3) is 0 Å². The Bertz CT molecular complexity index is 550. The lowest BCUT2D eigenvalue weighted by Crippen LogP contribution is -2.43. The van der Waals surface area contributed by atoms with Gasteiger partial charge in [-0.25, -0.2) is 0 Å². The summed E-state index contributed by atoms with van der Waals surface area (Å²) in [6, 6.07) is 8.29. The minimum absolute atomic E-state index is 0.0850. The largest absolute Gasteiger partial charge is 0.354 e. The van der Waals surface area contributed by atoms with Crippen molar-refractivity contribution in [2.45, 2.75) is 65.0 Å². The van der Waals surface area contributed by atoms with Crippen molar-refractivity contribution in [3.05, 3.63) is 47.0 Å². The quantitative estimate of drug-likeness (QED) is 0.746. The third kappa shape index (κ3) is 5.51. The van der Waals surface area contributed by atoms with Crippen molar-refractivity contribution in [2.75, 3.05) is 6.54 Å². The fourth-order valence-corrected chi connectivity index (χ4v) is 3.24. The lowest BCUT2D eigenvalue weighted by atomic mass is 9.97. The van der Waals surface area contributed by atoms with Crippen LogP contribution in [0.25, 0.3) is 0 Å². The lowest BCUT2D eigenvalue weighted by molar-refractivity contribution is -0.122. The molecule has 1 aromatic carbocycles. The number of nitrogens with one attached hydrogen (secondary N) is 2. The second-order valence-electron chi connectivity index (χ2n) is 6.62. The Morgan fingerprint density at radius 2 is 2.00 bits per heavy atom. The van der Waals surface area contributed by atoms with E-state index in [1.807, 2.05) is 19.1 Å². The summed E-state index contributed by atoms with van der Waals surface area (Å²) in [6.07, 6.45) is 8.35. The molecule has 0 saturated heterocycles. The Labute approximate surface area is 140 Å². The van der Waals surface area contributed by atoms with Crippen LogP contribution in [0.3, 0.4) is 0 Å². The van der Waals surface area contributed by atoms with Gasteiger partial charge in [-0.05, 0) is 64.0 Å². The van der Waals surface area contributed by atoms with Crippen molar-refractivity contribution in [2.24, 2.45) is 0 Å². The van der Waals surface area contributed by atoms with Gasteiger partial charge >= 0.3 is 0 Å². The highest BCUT2D eigenvalue weighted by molar-refractivity contribution is 5.81. The van der Waals surface area contributed by atoms with Gasteiger partial charge in [0.2, 0.25) is 5.91 Å². The fourth-order valence-electron chi connectivity index (χ4n) is 3.24. The number of aryl methyl sites for hydroxylation is 1. The van der Waals surface area contributed by atoms with Gasteiger partial charge in [-0.15, -0.1) is 0 Å². The van der Waals surface area contributed by atoms with Crippen LogP contribution in [0, 0.1) is 6.92 Å². The summed E-state index contributed by atoms with van der Waals surface area (Å²) in [5.41, 5.74) is 4.01. The first-order valence-electron chi connectivity index (χ1n) is 8.85. The Morgan fingerprint density at radius 1 is 1.22 bits per heavy atom. The number of hydrogen-bond donors (Lipinski definition) is 2. The van der Waals surface area contributed by atoms with E-state index in [2.05, 4.69) is 42.7 Å². The zero-order valence-corrected chi connectivity index (χ0v) is 14.7. The molecule has 1 aliphatic carbocycles. The number of carbonyl (C=O) groups excluding carboxylic acids is 1. The minimum atomic E-state index is -0.190. The molecule has 1 aromatic rings. The van der Waals surface area contributed by atoms with E-state index in [0.717, 1.165) is 13.0 Å². The standard InChI is InChI=1S/C20H30N2O/c1-15-9-7-8-12-19(15)16(2)22-17(3)20(23)21-14-13-18-10-5-4-6-11-18/h7-10,12,16-17,22H,4-6,11,13-14H2,1-3H3,(H,21,23). The van der Waals surface area contributed by atoms with E-state index in [-0.39, 0.29) is 18.0 Å². The number of carbonyl (C=O) groups is 1. The summed E-state index contributed by atoms with van der Waals surface area (Å²) in [5.74, 6) is 0.0850. The highest BCUT2D eigenvalue weighted by atomic mass is 16.2. The topological polar surface area (TPSA) is 41.1 Å². The number of allylic oxidation sites excluding steroid dienone is 1. The second kappa shape index (κ2) is 8.88. The summed E-state index contributed by atoms with van der Waals surface area (Å²) in [4.78, 5) is 12.2. The third-order valence-corrected chi connectivity index (χ3v) is 4.68. The summed E-state index contributed by atoms with van der Waals surface area (Å²) < 4.78 is 0. The summed E-state index contributed by atoms with van der Waals surface area (Å²) in [5, 5.41) is 6.46. The monoisotopic (exact) mass is 314 g/mol.